The normalized spacial score (nSPS) is 19.6. The smallest absolute Gasteiger partial charge is 0.120 e. The number of aliphatic hydroxyl groups is 1. The molecular weight excluding hydrogens is 328 g/mol. The molecule has 0 aromatic heterocycles. The Labute approximate surface area is 159 Å². The molecule has 4 aromatic carbocycles. The first-order chi connectivity index (χ1) is 13.3. The van der Waals surface area contributed by atoms with Crippen LogP contribution in [0.2, 0.25) is 0 Å². The minimum absolute atomic E-state index is 0.540. The molecule has 1 nitrogen and oxygen atoms in total. The van der Waals surface area contributed by atoms with Crippen molar-refractivity contribution in [3.8, 4) is 0 Å². The summed E-state index contributed by atoms with van der Waals surface area (Å²) in [6, 6.07) is 31.0. The second-order valence-corrected chi connectivity index (χ2v) is 7.18. The minimum Gasteiger partial charge on any atom is -0.380 e. The third-order valence-corrected chi connectivity index (χ3v) is 5.59. The highest BCUT2D eigenvalue weighted by Gasteiger charge is 2.36. The number of rotatable bonds is 1. The topological polar surface area (TPSA) is 20.2 Å². The molecule has 0 spiro atoms. The average Bonchev–Trinajstić information content (AvgIpc) is 2.72. The molecule has 1 heteroatoms. The van der Waals surface area contributed by atoms with Gasteiger partial charge in [-0.1, -0.05) is 103 Å². The van der Waals surface area contributed by atoms with E-state index in [2.05, 4.69) is 60.7 Å². The molecule has 0 bridgehead atoms. The van der Waals surface area contributed by atoms with E-state index in [9.17, 15) is 5.11 Å². The Morgan fingerprint density at radius 1 is 0.593 bits per heavy atom. The fourth-order valence-electron chi connectivity index (χ4n) is 4.25. The molecule has 0 radical (unpaired) electrons. The standard InChI is InChI=1S/C26H20O/c27-26(25-15-7-12-20-9-3-5-13-23(20)25)18-22-11-2-1-8-19(22)16-17-21-10-4-6-14-24(21)26/h1-17,27H,18H2/b17-16-. The van der Waals surface area contributed by atoms with Gasteiger partial charge in [0.15, 0.2) is 0 Å². The molecule has 1 unspecified atom stereocenters. The Balaban J connectivity index is 1.85. The van der Waals surface area contributed by atoms with Crippen LogP contribution in [0.15, 0.2) is 91.0 Å². The van der Waals surface area contributed by atoms with Gasteiger partial charge in [-0.2, -0.15) is 0 Å². The van der Waals surface area contributed by atoms with Gasteiger partial charge in [0.2, 0.25) is 0 Å². The van der Waals surface area contributed by atoms with E-state index < -0.39 is 5.60 Å². The lowest BCUT2D eigenvalue weighted by Gasteiger charge is -2.33. The molecular formula is C26H20O. The van der Waals surface area contributed by atoms with Crippen LogP contribution in [0.5, 0.6) is 0 Å². The first kappa shape index (κ1) is 16.0. The van der Waals surface area contributed by atoms with Crippen molar-refractivity contribution in [3.63, 3.8) is 0 Å². The molecule has 0 aliphatic heterocycles. The number of hydrogen-bond donors (Lipinski definition) is 1. The summed E-state index contributed by atoms with van der Waals surface area (Å²) in [5.74, 6) is 0. The summed E-state index contributed by atoms with van der Waals surface area (Å²) in [6.45, 7) is 0. The van der Waals surface area contributed by atoms with E-state index in [1.165, 1.54) is 0 Å². The maximum atomic E-state index is 12.2. The van der Waals surface area contributed by atoms with Crippen molar-refractivity contribution in [1.82, 2.24) is 0 Å². The van der Waals surface area contributed by atoms with Gasteiger partial charge in [-0.3, -0.25) is 0 Å². The van der Waals surface area contributed by atoms with Gasteiger partial charge in [0.25, 0.3) is 0 Å². The van der Waals surface area contributed by atoms with Gasteiger partial charge in [0, 0.05) is 6.42 Å². The van der Waals surface area contributed by atoms with Crippen molar-refractivity contribution >= 4 is 22.9 Å². The molecule has 0 fully saturated rings. The summed E-state index contributed by atoms with van der Waals surface area (Å²) in [6.07, 6.45) is 4.80. The number of fused-ring (bicyclic) bond motifs is 3. The van der Waals surface area contributed by atoms with Crippen molar-refractivity contribution < 1.29 is 5.11 Å². The van der Waals surface area contributed by atoms with E-state index in [0.29, 0.717) is 6.42 Å². The van der Waals surface area contributed by atoms with Crippen molar-refractivity contribution in [3.05, 3.63) is 119 Å². The van der Waals surface area contributed by atoms with Crippen LogP contribution in [0.25, 0.3) is 22.9 Å². The van der Waals surface area contributed by atoms with Gasteiger partial charge >= 0.3 is 0 Å². The maximum absolute atomic E-state index is 12.2. The lowest BCUT2D eigenvalue weighted by molar-refractivity contribution is 0.0823. The Morgan fingerprint density at radius 2 is 1.22 bits per heavy atom. The predicted octanol–water partition coefficient (Wildman–Crippen LogP) is 5.80. The van der Waals surface area contributed by atoms with Crippen LogP contribution in [0.1, 0.15) is 27.8 Å². The van der Waals surface area contributed by atoms with E-state index in [0.717, 1.165) is 38.6 Å². The van der Waals surface area contributed by atoms with Crippen molar-refractivity contribution in [1.29, 1.82) is 0 Å². The number of hydrogen-bond acceptors (Lipinski definition) is 1. The van der Waals surface area contributed by atoms with Crippen LogP contribution in [0.3, 0.4) is 0 Å². The monoisotopic (exact) mass is 348 g/mol. The van der Waals surface area contributed by atoms with Gasteiger partial charge in [-0.05, 0) is 38.6 Å². The highest BCUT2D eigenvalue weighted by Crippen LogP contribution is 2.41. The molecule has 27 heavy (non-hydrogen) atoms. The average molecular weight is 348 g/mol. The first-order valence-electron chi connectivity index (χ1n) is 9.32. The number of benzene rings is 4. The Morgan fingerprint density at radius 3 is 2.15 bits per heavy atom. The summed E-state index contributed by atoms with van der Waals surface area (Å²) in [5.41, 5.74) is 4.18. The van der Waals surface area contributed by atoms with Crippen LogP contribution in [-0.4, -0.2) is 5.11 Å². The van der Waals surface area contributed by atoms with Gasteiger partial charge in [-0.15, -0.1) is 0 Å². The molecule has 0 heterocycles. The van der Waals surface area contributed by atoms with Gasteiger partial charge in [0.05, 0.1) is 0 Å². The maximum Gasteiger partial charge on any atom is 0.120 e. The molecule has 130 valence electrons. The first-order valence-corrected chi connectivity index (χ1v) is 9.32. The Bertz CT molecular complexity index is 1170. The molecule has 0 saturated carbocycles. The van der Waals surface area contributed by atoms with Crippen LogP contribution in [0.4, 0.5) is 0 Å². The van der Waals surface area contributed by atoms with E-state index in [4.69, 9.17) is 0 Å². The second-order valence-electron chi connectivity index (χ2n) is 7.18. The highest BCUT2D eigenvalue weighted by molar-refractivity contribution is 5.87. The third-order valence-electron chi connectivity index (χ3n) is 5.59. The molecule has 1 atom stereocenters. The van der Waals surface area contributed by atoms with E-state index >= 15 is 0 Å². The fraction of sp³-hybridized carbons (Fsp3) is 0.0769. The molecule has 1 N–H and O–H groups in total. The SMILES string of the molecule is OC1(c2cccc3ccccc23)Cc2ccccc2/C=C\c2ccccc21. The summed E-state index contributed by atoms with van der Waals surface area (Å²) in [5, 5.41) is 14.5. The molecule has 1 aliphatic rings. The largest absolute Gasteiger partial charge is 0.380 e. The quantitative estimate of drug-likeness (QED) is 0.461. The molecule has 1 aliphatic carbocycles. The molecule has 5 rings (SSSR count). The fourth-order valence-corrected chi connectivity index (χ4v) is 4.25. The second kappa shape index (κ2) is 6.22. The summed E-state index contributed by atoms with van der Waals surface area (Å²) in [7, 11) is 0. The summed E-state index contributed by atoms with van der Waals surface area (Å²) in [4.78, 5) is 0. The Hall–Kier alpha value is -3.16. The summed E-state index contributed by atoms with van der Waals surface area (Å²) >= 11 is 0. The van der Waals surface area contributed by atoms with E-state index in [-0.39, 0.29) is 0 Å². The van der Waals surface area contributed by atoms with Crippen LogP contribution >= 0.6 is 0 Å². The van der Waals surface area contributed by atoms with Gasteiger partial charge in [-0.25, -0.2) is 0 Å². The highest BCUT2D eigenvalue weighted by atomic mass is 16.3. The lowest BCUT2D eigenvalue weighted by Crippen LogP contribution is -2.32. The van der Waals surface area contributed by atoms with E-state index in [1.54, 1.807) is 0 Å². The molecule has 4 aromatic rings. The zero-order valence-corrected chi connectivity index (χ0v) is 15.0. The van der Waals surface area contributed by atoms with Crippen LogP contribution in [-0.2, 0) is 12.0 Å². The van der Waals surface area contributed by atoms with Crippen LogP contribution < -0.4 is 0 Å². The van der Waals surface area contributed by atoms with Crippen LogP contribution in [0, 0.1) is 0 Å². The van der Waals surface area contributed by atoms with Crippen molar-refractivity contribution in [2.24, 2.45) is 0 Å². The Kier molecular flexibility index (Phi) is 3.70. The zero-order valence-electron chi connectivity index (χ0n) is 15.0. The van der Waals surface area contributed by atoms with Gasteiger partial charge in [0.1, 0.15) is 5.60 Å². The van der Waals surface area contributed by atoms with Crippen molar-refractivity contribution in [2.75, 3.05) is 0 Å². The minimum atomic E-state index is -1.10. The molecule has 0 saturated heterocycles. The molecule has 0 amide bonds. The summed E-state index contributed by atoms with van der Waals surface area (Å²) < 4.78 is 0. The van der Waals surface area contributed by atoms with Gasteiger partial charge < -0.3 is 5.11 Å². The third kappa shape index (κ3) is 2.59. The zero-order chi connectivity index (χ0) is 18.3. The van der Waals surface area contributed by atoms with Crippen molar-refractivity contribution in [2.45, 2.75) is 12.0 Å². The lowest BCUT2D eigenvalue weighted by atomic mass is 9.75. The predicted molar refractivity (Wildman–Crippen MR) is 112 cm³/mol. The van der Waals surface area contributed by atoms with E-state index in [1.807, 2.05) is 42.5 Å².